The van der Waals surface area contributed by atoms with Crippen LogP contribution in [0.3, 0.4) is 0 Å². The highest BCUT2D eigenvalue weighted by Crippen LogP contribution is 2.32. The summed E-state index contributed by atoms with van der Waals surface area (Å²) in [5.41, 5.74) is 1.11. The number of nitrogens with zero attached hydrogens (tertiary/aromatic N) is 2. The zero-order chi connectivity index (χ0) is 12.5. The van der Waals surface area contributed by atoms with Gasteiger partial charge in [0.1, 0.15) is 0 Å². The molecule has 1 aliphatic carbocycles. The quantitative estimate of drug-likeness (QED) is 0.895. The van der Waals surface area contributed by atoms with Gasteiger partial charge in [0.05, 0.1) is 17.8 Å². The van der Waals surface area contributed by atoms with Crippen LogP contribution in [-0.4, -0.2) is 28.3 Å². The fraction of sp³-hybridized carbons (Fsp3) is 0.786. The molecule has 18 heavy (non-hydrogen) atoms. The van der Waals surface area contributed by atoms with Crippen molar-refractivity contribution in [3.8, 4) is 0 Å². The maximum Gasteiger partial charge on any atom is 0.203 e. The Morgan fingerprint density at radius 3 is 2.78 bits per heavy atom. The van der Waals surface area contributed by atoms with Gasteiger partial charge in [0.2, 0.25) is 5.95 Å². The van der Waals surface area contributed by atoms with E-state index < -0.39 is 0 Å². The number of hydrogen-bond donors (Lipinski definition) is 1. The minimum atomic E-state index is 0.291. The molecule has 1 aromatic heterocycles. The number of aromatic nitrogens is 2. The molecule has 2 heterocycles. The molecule has 2 aliphatic rings. The van der Waals surface area contributed by atoms with E-state index in [4.69, 9.17) is 4.74 Å². The molecule has 1 aromatic rings. The van der Waals surface area contributed by atoms with Gasteiger partial charge in [0.15, 0.2) is 0 Å². The number of hydrogen-bond acceptors (Lipinski definition) is 3. The summed E-state index contributed by atoms with van der Waals surface area (Å²) in [5.74, 6) is 1.04. The summed E-state index contributed by atoms with van der Waals surface area (Å²) in [6, 6.07) is 1.05. The molecule has 0 aromatic carbocycles. The van der Waals surface area contributed by atoms with Crippen molar-refractivity contribution in [1.82, 2.24) is 9.55 Å². The van der Waals surface area contributed by atoms with Gasteiger partial charge in [-0.05, 0) is 33.1 Å². The molecule has 100 valence electrons. The number of ether oxygens (including phenoxy) is 1. The number of nitrogens with one attached hydrogen (secondary N) is 1. The molecule has 1 saturated carbocycles. The second-order valence-electron chi connectivity index (χ2n) is 5.67. The molecule has 0 radical (unpaired) electrons. The van der Waals surface area contributed by atoms with Crippen molar-refractivity contribution in [1.29, 1.82) is 0 Å². The van der Waals surface area contributed by atoms with Crippen LogP contribution < -0.4 is 5.32 Å². The fourth-order valence-electron chi connectivity index (χ4n) is 3.17. The summed E-state index contributed by atoms with van der Waals surface area (Å²) in [5, 5.41) is 3.58. The second kappa shape index (κ2) is 4.92. The Hall–Kier alpha value is -1.03. The minimum Gasteiger partial charge on any atom is -0.376 e. The van der Waals surface area contributed by atoms with Gasteiger partial charge in [0.25, 0.3) is 0 Å². The van der Waals surface area contributed by atoms with Crippen molar-refractivity contribution < 1.29 is 4.74 Å². The number of rotatable bonds is 3. The number of imidazole rings is 1. The first kappa shape index (κ1) is 12.0. The maximum absolute atomic E-state index is 5.61. The zero-order valence-electron chi connectivity index (χ0n) is 11.4. The molecule has 0 spiro atoms. The Morgan fingerprint density at radius 2 is 2.11 bits per heavy atom. The van der Waals surface area contributed by atoms with Gasteiger partial charge in [-0.25, -0.2) is 4.98 Å². The van der Waals surface area contributed by atoms with Gasteiger partial charge in [-0.2, -0.15) is 0 Å². The molecule has 1 N–H and O–H groups in total. The fourth-order valence-corrected chi connectivity index (χ4v) is 3.17. The van der Waals surface area contributed by atoms with E-state index in [0.717, 1.165) is 24.7 Å². The smallest absolute Gasteiger partial charge is 0.203 e. The third-order valence-corrected chi connectivity index (χ3v) is 4.26. The predicted molar refractivity (Wildman–Crippen MR) is 71.9 cm³/mol. The lowest BCUT2D eigenvalue weighted by atomic mass is 10.1. The molecule has 1 aliphatic heterocycles. The van der Waals surface area contributed by atoms with Crippen molar-refractivity contribution in [2.75, 3.05) is 11.9 Å². The Kier molecular flexibility index (Phi) is 3.29. The van der Waals surface area contributed by atoms with E-state index >= 15 is 0 Å². The minimum absolute atomic E-state index is 0.291. The Labute approximate surface area is 109 Å². The van der Waals surface area contributed by atoms with Crippen LogP contribution in [0.25, 0.3) is 0 Å². The third-order valence-electron chi connectivity index (χ3n) is 4.26. The first-order valence-corrected chi connectivity index (χ1v) is 7.17. The first-order chi connectivity index (χ1) is 8.74. The van der Waals surface area contributed by atoms with E-state index in [1.807, 2.05) is 0 Å². The van der Waals surface area contributed by atoms with Gasteiger partial charge >= 0.3 is 0 Å². The van der Waals surface area contributed by atoms with Crippen LogP contribution in [0.2, 0.25) is 0 Å². The predicted octanol–water partition coefficient (Wildman–Crippen LogP) is 2.90. The van der Waals surface area contributed by atoms with Gasteiger partial charge in [-0.1, -0.05) is 12.8 Å². The highest BCUT2D eigenvalue weighted by molar-refractivity contribution is 5.32. The van der Waals surface area contributed by atoms with Crippen LogP contribution >= 0.6 is 0 Å². The largest absolute Gasteiger partial charge is 0.376 e. The summed E-state index contributed by atoms with van der Waals surface area (Å²) in [4.78, 5) is 4.65. The van der Waals surface area contributed by atoms with Crippen molar-refractivity contribution >= 4 is 5.95 Å². The van der Waals surface area contributed by atoms with E-state index in [2.05, 4.69) is 34.9 Å². The molecule has 3 rings (SSSR count). The summed E-state index contributed by atoms with van der Waals surface area (Å²) in [7, 11) is 0. The van der Waals surface area contributed by atoms with E-state index in [1.54, 1.807) is 0 Å². The van der Waals surface area contributed by atoms with Gasteiger partial charge in [-0.15, -0.1) is 0 Å². The van der Waals surface area contributed by atoms with E-state index in [1.165, 1.54) is 25.7 Å². The summed E-state index contributed by atoms with van der Waals surface area (Å²) in [6.45, 7) is 5.08. The molecule has 4 nitrogen and oxygen atoms in total. The topological polar surface area (TPSA) is 39.1 Å². The third kappa shape index (κ3) is 2.26. The normalized spacial score (nSPS) is 29.0. The molecule has 2 unspecified atom stereocenters. The molecule has 0 bridgehead atoms. The monoisotopic (exact) mass is 249 g/mol. The van der Waals surface area contributed by atoms with E-state index in [0.29, 0.717) is 18.2 Å². The first-order valence-electron chi connectivity index (χ1n) is 7.17. The van der Waals surface area contributed by atoms with Crippen molar-refractivity contribution in [2.45, 2.75) is 64.1 Å². The molecule has 4 heteroatoms. The summed E-state index contributed by atoms with van der Waals surface area (Å²) in [6.07, 6.45) is 8.85. The Balaban J connectivity index is 1.78. The standard InChI is InChI=1S/C14H23N3O/c1-10-9-17(12-5-3-4-6-12)14(15-10)16-13-7-8-18-11(13)2/h9,11-13H,3-8H2,1-2H3,(H,15,16). The zero-order valence-corrected chi connectivity index (χ0v) is 11.4. The lowest BCUT2D eigenvalue weighted by Gasteiger charge is -2.20. The van der Waals surface area contributed by atoms with Gasteiger partial charge in [-0.3, -0.25) is 0 Å². The van der Waals surface area contributed by atoms with E-state index in [-0.39, 0.29) is 0 Å². The number of aryl methyl sites for hydroxylation is 1. The number of anilines is 1. The lowest BCUT2D eigenvalue weighted by molar-refractivity contribution is 0.121. The van der Waals surface area contributed by atoms with E-state index in [9.17, 15) is 0 Å². The van der Waals surface area contributed by atoms with Crippen LogP contribution in [0, 0.1) is 6.92 Å². The van der Waals surface area contributed by atoms with Crippen LogP contribution in [0.4, 0.5) is 5.95 Å². The molecule has 1 saturated heterocycles. The molecule has 0 amide bonds. The van der Waals surface area contributed by atoms with Gasteiger partial charge < -0.3 is 14.6 Å². The highest BCUT2D eigenvalue weighted by atomic mass is 16.5. The van der Waals surface area contributed by atoms with Gasteiger partial charge in [0, 0.05) is 18.8 Å². The molecule has 2 atom stereocenters. The van der Waals surface area contributed by atoms with Crippen molar-refractivity contribution in [2.24, 2.45) is 0 Å². The van der Waals surface area contributed by atoms with Crippen molar-refractivity contribution in [3.05, 3.63) is 11.9 Å². The lowest BCUT2D eigenvalue weighted by Crippen LogP contribution is -2.28. The van der Waals surface area contributed by atoms with Crippen molar-refractivity contribution in [3.63, 3.8) is 0 Å². The highest BCUT2D eigenvalue weighted by Gasteiger charge is 2.27. The average molecular weight is 249 g/mol. The Bertz CT molecular complexity index is 409. The Morgan fingerprint density at radius 1 is 1.33 bits per heavy atom. The second-order valence-corrected chi connectivity index (χ2v) is 5.67. The molecule has 2 fully saturated rings. The SMILES string of the molecule is Cc1cn(C2CCCC2)c(NC2CCOC2C)n1. The summed E-state index contributed by atoms with van der Waals surface area (Å²) >= 11 is 0. The van der Waals surface area contributed by atoms with Crippen LogP contribution in [0.1, 0.15) is 50.8 Å². The average Bonchev–Trinajstić information content (AvgIpc) is 3.02. The van der Waals surface area contributed by atoms with Crippen LogP contribution in [-0.2, 0) is 4.74 Å². The van der Waals surface area contributed by atoms with Crippen LogP contribution in [0.15, 0.2) is 6.20 Å². The summed E-state index contributed by atoms with van der Waals surface area (Å²) < 4.78 is 7.96. The molecular formula is C14H23N3O. The maximum atomic E-state index is 5.61. The molecular weight excluding hydrogens is 226 g/mol. The van der Waals surface area contributed by atoms with Crippen LogP contribution in [0.5, 0.6) is 0 Å².